The molecule has 0 spiro atoms. The van der Waals surface area contributed by atoms with E-state index in [-0.39, 0.29) is 5.56 Å². The fourth-order valence-electron chi connectivity index (χ4n) is 1.26. The number of H-pyrrole nitrogens is 1. The van der Waals surface area contributed by atoms with Crippen molar-refractivity contribution < 1.29 is 4.74 Å². The van der Waals surface area contributed by atoms with Gasteiger partial charge in [-0.2, -0.15) is 0 Å². The second-order valence-corrected chi connectivity index (χ2v) is 3.16. The van der Waals surface area contributed by atoms with Gasteiger partial charge in [-0.05, 0) is 11.6 Å². The van der Waals surface area contributed by atoms with E-state index in [0.717, 1.165) is 5.56 Å². The van der Waals surface area contributed by atoms with Crippen LogP contribution in [0.25, 0.3) is 0 Å². The number of hydrogen-bond acceptors (Lipinski definition) is 2. The zero-order valence-corrected chi connectivity index (χ0v) is 10.1. The number of aromatic amines is 1. The first-order valence-corrected chi connectivity index (χ1v) is 5.70. The maximum Gasteiger partial charge on any atom is 0.251 e. The van der Waals surface area contributed by atoms with Crippen LogP contribution in [0.5, 0.6) is 5.75 Å². The topological polar surface area (TPSA) is 42.1 Å². The Labute approximate surface area is 101 Å². The Hall–Kier alpha value is -2.03. The van der Waals surface area contributed by atoms with E-state index in [0.29, 0.717) is 12.4 Å². The van der Waals surface area contributed by atoms with Crippen LogP contribution in [0.2, 0.25) is 0 Å². The first kappa shape index (κ1) is 13.0. The summed E-state index contributed by atoms with van der Waals surface area (Å²) in [5.74, 6) is 0.586. The van der Waals surface area contributed by atoms with E-state index < -0.39 is 0 Å². The quantitative estimate of drug-likeness (QED) is 0.882. The van der Waals surface area contributed by atoms with E-state index in [1.807, 2.05) is 44.2 Å². The van der Waals surface area contributed by atoms with Crippen molar-refractivity contribution in [1.82, 2.24) is 4.98 Å². The van der Waals surface area contributed by atoms with Gasteiger partial charge in [0.15, 0.2) is 0 Å². The second-order valence-electron chi connectivity index (χ2n) is 3.16. The Bertz CT molecular complexity index is 477. The maximum atomic E-state index is 11.0. The van der Waals surface area contributed by atoms with E-state index in [1.165, 1.54) is 6.07 Å². The smallest absolute Gasteiger partial charge is 0.251 e. The van der Waals surface area contributed by atoms with Gasteiger partial charge in [-0.25, -0.2) is 0 Å². The van der Waals surface area contributed by atoms with Crippen LogP contribution >= 0.6 is 0 Å². The third kappa shape index (κ3) is 4.55. The molecule has 0 fully saturated rings. The molecule has 1 heterocycles. The molecule has 3 heteroatoms. The molecule has 1 N–H and O–H groups in total. The molecule has 1 aromatic heterocycles. The number of benzene rings is 1. The molecule has 0 aliphatic rings. The first-order chi connectivity index (χ1) is 8.34. The summed E-state index contributed by atoms with van der Waals surface area (Å²) in [7, 11) is 0. The summed E-state index contributed by atoms with van der Waals surface area (Å²) in [6.45, 7) is 4.48. The van der Waals surface area contributed by atoms with E-state index in [9.17, 15) is 4.79 Å². The highest BCUT2D eigenvalue weighted by atomic mass is 16.5. The number of hydrogen-bond donors (Lipinski definition) is 1. The Kier molecular flexibility index (Phi) is 5.58. The highest BCUT2D eigenvalue weighted by molar-refractivity contribution is 5.19. The lowest BCUT2D eigenvalue weighted by Crippen LogP contribution is -2.04. The molecule has 1 aromatic carbocycles. The Morgan fingerprint density at radius 3 is 2.47 bits per heavy atom. The largest absolute Gasteiger partial charge is 0.489 e. The average Bonchev–Trinajstić information content (AvgIpc) is 2.40. The van der Waals surface area contributed by atoms with Crippen LogP contribution < -0.4 is 10.3 Å². The van der Waals surface area contributed by atoms with Gasteiger partial charge in [0.05, 0.1) is 0 Å². The van der Waals surface area contributed by atoms with Crippen molar-refractivity contribution in [3.8, 4) is 5.75 Å². The lowest BCUT2D eigenvalue weighted by Gasteiger charge is -2.04. The van der Waals surface area contributed by atoms with Crippen molar-refractivity contribution in [2.45, 2.75) is 20.5 Å². The fourth-order valence-corrected chi connectivity index (χ4v) is 1.26. The Balaban J connectivity index is 0.000000686. The molecule has 3 nitrogen and oxygen atoms in total. The molecular weight excluding hydrogens is 214 g/mol. The van der Waals surface area contributed by atoms with Crippen molar-refractivity contribution in [3.63, 3.8) is 0 Å². The predicted octanol–water partition coefficient (Wildman–Crippen LogP) is 2.98. The van der Waals surface area contributed by atoms with Crippen LogP contribution in [0.3, 0.4) is 0 Å². The minimum atomic E-state index is -0.152. The molecule has 0 saturated carbocycles. The summed E-state index contributed by atoms with van der Waals surface area (Å²) < 4.78 is 5.45. The van der Waals surface area contributed by atoms with Crippen molar-refractivity contribution in [1.29, 1.82) is 0 Å². The number of pyridine rings is 1. The third-order valence-corrected chi connectivity index (χ3v) is 1.99. The molecular formula is C14H17NO2. The van der Waals surface area contributed by atoms with Crippen LogP contribution in [0.4, 0.5) is 0 Å². The molecule has 0 bridgehead atoms. The lowest BCUT2D eigenvalue weighted by atomic mass is 10.2. The minimum Gasteiger partial charge on any atom is -0.489 e. The summed E-state index contributed by atoms with van der Waals surface area (Å²) in [4.78, 5) is 13.5. The van der Waals surface area contributed by atoms with E-state index in [1.54, 1.807) is 12.3 Å². The van der Waals surface area contributed by atoms with Crippen molar-refractivity contribution in [2.75, 3.05) is 0 Å². The molecule has 0 amide bonds. The van der Waals surface area contributed by atoms with Crippen molar-refractivity contribution >= 4 is 0 Å². The van der Waals surface area contributed by atoms with Crippen LogP contribution in [-0.2, 0) is 6.61 Å². The van der Waals surface area contributed by atoms with Crippen LogP contribution in [0.1, 0.15) is 19.4 Å². The Morgan fingerprint density at radius 2 is 1.82 bits per heavy atom. The van der Waals surface area contributed by atoms with Gasteiger partial charge in [0, 0.05) is 12.3 Å². The van der Waals surface area contributed by atoms with Gasteiger partial charge in [0.2, 0.25) is 0 Å². The molecule has 0 aliphatic heterocycles. The lowest BCUT2D eigenvalue weighted by molar-refractivity contribution is 0.305. The average molecular weight is 231 g/mol. The van der Waals surface area contributed by atoms with E-state index in [2.05, 4.69) is 4.98 Å². The summed E-state index contributed by atoms with van der Waals surface area (Å²) in [5.41, 5.74) is 0.929. The normalized spacial score (nSPS) is 9.06. The Morgan fingerprint density at radius 1 is 1.12 bits per heavy atom. The van der Waals surface area contributed by atoms with Gasteiger partial charge in [0.25, 0.3) is 5.56 Å². The van der Waals surface area contributed by atoms with Gasteiger partial charge in [-0.1, -0.05) is 44.2 Å². The summed E-state index contributed by atoms with van der Waals surface area (Å²) in [6, 6.07) is 13.0. The van der Waals surface area contributed by atoms with Gasteiger partial charge in [-0.3, -0.25) is 4.79 Å². The minimum absolute atomic E-state index is 0.152. The highest BCUT2D eigenvalue weighted by Crippen LogP contribution is 2.08. The van der Waals surface area contributed by atoms with E-state index >= 15 is 0 Å². The fraction of sp³-hybridized carbons (Fsp3) is 0.214. The van der Waals surface area contributed by atoms with Crippen LogP contribution in [0, 0.1) is 0 Å². The molecule has 0 saturated heterocycles. The van der Waals surface area contributed by atoms with Crippen LogP contribution in [-0.4, -0.2) is 4.98 Å². The van der Waals surface area contributed by atoms with Gasteiger partial charge in [0.1, 0.15) is 12.4 Å². The maximum absolute atomic E-state index is 11.0. The number of rotatable bonds is 3. The van der Waals surface area contributed by atoms with Crippen molar-refractivity contribution in [2.24, 2.45) is 0 Å². The first-order valence-electron chi connectivity index (χ1n) is 5.70. The zero-order valence-electron chi connectivity index (χ0n) is 10.1. The molecule has 0 radical (unpaired) electrons. The summed E-state index contributed by atoms with van der Waals surface area (Å²) >= 11 is 0. The van der Waals surface area contributed by atoms with Gasteiger partial charge in [-0.15, -0.1) is 0 Å². The number of nitrogens with one attached hydrogen (secondary N) is 1. The summed E-state index contributed by atoms with van der Waals surface area (Å²) in [5, 5.41) is 0. The molecule has 90 valence electrons. The van der Waals surface area contributed by atoms with Crippen molar-refractivity contribution in [3.05, 3.63) is 64.6 Å². The zero-order chi connectivity index (χ0) is 12.5. The molecule has 17 heavy (non-hydrogen) atoms. The van der Waals surface area contributed by atoms with Gasteiger partial charge < -0.3 is 9.72 Å². The summed E-state index contributed by atoms with van der Waals surface area (Å²) in [6.07, 6.45) is 1.57. The van der Waals surface area contributed by atoms with E-state index in [4.69, 9.17) is 4.74 Å². The molecule has 2 rings (SSSR count). The third-order valence-electron chi connectivity index (χ3n) is 1.99. The van der Waals surface area contributed by atoms with Gasteiger partial charge >= 0.3 is 0 Å². The monoisotopic (exact) mass is 231 g/mol. The number of aromatic nitrogens is 1. The number of ether oxygens (including phenoxy) is 1. The molecule has 0 aliphatic carbocycles. The molecule has 2 aromatic rings. The predicted molar refractivity (Wildman–Crippen MR) is 69.2 cm³/mol. The SMILES string of the molecule is CC.O=c1cc(OCc2ccccc2)cc[nH]1. The highest BCUT2D eigenvalue weighted by Gasteiger charge is 1.95. The molecule has 0 unspecified atom stereocenters. The van der Waals surface area contributed by atoms with Crippen LogP contribution in [0.15, 0.2) is 53.5 Å². The molecule has 0 atom stereocenters. The second kappa shape index (κ2) is 7.28. The standard InChI is InChI=1S/C12H11NO2.C2H6/c14-12-8-11(6-7-13-12)15-9-10-4-2-1-3-5-10;1-2/h1-8H,9H2,(H,13,14);1-2H3.